The Morgan fingerprint density at radius 2 is 1.72 bits per heavy atom. The van der Waals surface area contributed by atoms with Gasteiger partial charge in [0, 0.05) is 37.1 Å². The van der Waals surface area contributed by atoms with Crippen molar-refractivity contribution in [3.05, 3.63) is 12.7 Å². The number of hydrogen-bond acceptors (Lipinski definition) is 23. The normalized spacial score (nSPS) is 23.9. The molecule has 29 heteroatoms. The van der Waals surface area contributed by atoms with Crippen LogP contribution in [0.15, 0.2) is 12.7 Å². The monoisotopic (exact) mass is 943 g/mol. The van der Waals surface area contributed by atoms with Gasteiger partial charge in [0.05, 0.1) is 33.8 Å². The number of ketones is 1. The fraction of sp³-hybridized carbons (Fsp3) is 0.719. The second kappa shape index (κ2) is 21.3. The van der Waals surface area contributed by atoms with Gasteiger partial charge in [0.1, 0.15) is 42.0 Å². The molecule has 2 fully saturated rings. The van der Waals surface area contributed by atoms with E-state index >= 15 is 0 Å². The molecule has 0 bridgehead atoms. The summed E-state index contributed by atoms with van der Waals surface area (Å²) in [5.41, 5.74) is 1.99. The molecule has 2 aliphatic rings. The molecule has 0 radical (unpaired) electrons. The Hall–Kier alpha value is -2.77. The van der Waals surface area contributed by atoms with Gasteiger partial charge in [-0.25, -0.2) is 19.3 Å². The molecular weight excluding hydrogens is 895 g/mol. The summed E-state index contributed by atoms with van der Waals surface area (Å²) in [5.74, 6) is -1.16. The molecule has 1 aliphatic heterocycles. The zero-order valence-electron chi connectivity index (χ0n) is 33.3. The maximum absolute atomic E-state index is 12.6. The van der Waals surface area contributed by atoms with Gasteiger partial charge >= 0.3 is 0 Å². The summed E-state index contributed by atoms with van der Waals surface area (Å²) in [5, 5.41) is 26.2. The van der Waals surface area contributed by atoms with Crippen LogP contribution in [0.25, 0.3) is 11.2 Å². The highest BCUT2D eigenvalue weighted by molar-refractivity contribution is 8.13. The van der Waals surface area contributed by atoms with Crippen LogP contribution in [0.1, 0.15) is 72.1 Å². The van der Waals surface area contributed by atoms with Gasteiger partial charge in [0.2, 0.25) is 11.8 Å². The number of nitrogens with one attached hydrogen (secondary N) is 2. The first-order valence-electron chi connectivity index (χ1n) is 18.8. The topological polar surface area (TPSA) is 392 Å². The van der Waals surface area contributed by atoms with Crippen LogP contribution in [0.4, 0.5) is 5.82 Å². The number of anilines is 1. The molecule has 25 nitrogen and oxygen atoms in total. The average Bonchev–Trinajstić information content (AvgIpc) is 3.71. The highest BCUT2D eigenvalue weighted by Crippen LogP contribution is 2.56. The van der Waals surface area contributed by atoms with Gasteiger partial charge in [-0.15, -0.1) is 0 Å². The van der Waals surface area contributed by atoms with Gasteiger partial charge in [-0.1, -0.05) is 57.7 Å². The number of aromatic nitrogens is 4. The molecule has 1 aliphatic carbocycles. The van der Waals surface area contributed by atoms with Crippen molar-refractivity contribution < 1.29 is 85.3 Å². The van der Waals surface area contributed by atoms with E-state index in [1.165, 1.54) is 27.2 Å². The predicted octanol–water partition coefficient (Wildman–Crippen LogP) is -1.76. The van der Waals surface area contributed by atoms with Gasteiger partial charge in [-0.3, -0.25) is 32.9 Å². The van der Waals surface area contributed by atoms with E-state index in [4.69, 9.17) is 10.5 Å². The Morgan fingerprint density at radius 1 is 1.05 bits per heavy atom. The number of ether oxygens (including phenoxy) is 1. The minimum absolute atomic E-state index is 0.0307. The summed E-state index contributed by atoms with van der Waals surface area (Å²) in [6.07, 6.45) is -0.581. The summed E-state index contributed by atoms with van der Waals surface area (Å²) in [4.78, 5) is 109. The van der Waals surface area contributed by atoms with Crippen LogP contribution < -0.4 is 35.9 Å². The third kappa shape index (κ3) is 14.9. The molecule has 61 heavy (non-hydrogen) atoms. The number of phosphoric ester groups is 3. The molecule has 344 valence electrons. The minimum Gasteiger partial charge on any atom is -0.790 e. The number of carbonyl (C=O) groups is 4. The molecule has 1 saturated carbocycles. The number of fused-ring (bicyclic) bond motifs is 1. The van der Waals surface area contributed by atoms with E-state index in [1.54, 1.807) is 0 Å². The fourth-order valence-corrected chi connectivity index (χ4v) is 10.0. The van der Waals surface area contributed by atoms with Crippen molar-refractivity contribution in [3.63, 3.8) is 0 Å². The van der Waals surface area contributed by atoms with E-state index in [0.717, 1.165) is 54.7 Å². The van der Waals surface area contributed by atoms with Crippen molar-refractivity contribution >= 4 is 74.9 Å². The maximum atomic E-state index is 12.6. The molecule has 4 rings (SSSR count). The molecule has 0 spiro atoms. The number of nitrogen functional groups attached to an aromatic ring is 1. The van der Waals surface area contributed by atoms with Crippen molar-refractivity contribution in [2.45, 2.75) is 102 Å². The first kappa shape index (κ1) is 50.9. The predicted molar refractivity (Wildman–Crippen MR) is 204 cm³/mol. The number of imidazole rings is 1. The molecule has 2 aromatic rings. The molecular formula is C32H48N7O18P3S-4. The van der Waals surface area contributed by atoms with Gasteiger partial charge < -0.3 is 69.0 Å². The lowest BCUT2D eigenvalue weighted by molar-refractivity contribution is -0.347. The molecule has 0 aromatic carbocycles. The number of amides is 2. The van der Waals surface area contributed by atoms with Crippen LogP contribution in [-0.4, -0.2) is 109 Å². The standard InChI is InChI=1S/C32H52N7O18P3S/c1-31(2,27(44)30(45)35-10-9-22(41)34-11-12-61-23(42)14-20(40)13-19-7-5-4-6-8-19)16-54-60(51,52)57-59(49,50)53-15-21-25(56-58(46,47)48)26(43)32(3,55-21)39-18-38-24-28(33)36-17-37-29(24)39/h17-19,21,25-27,43-44H,4-16H2,1-3H3,(H,34,41)(H,35,45)(H,49,50)(H,51,52)(H2,33,36,37)(H2,46,47,48)/p-4. The van der Waals surface area contributed by atoms with Crippen molar-refractivity contribution in [2.24, 2.45) is 11.3 Å². The Morgan fingerprint density at radius 3 is 2.39 bits per heavy atom. The molecule has 3 heterocycles. The van der Waals surface area contributed by atoms with Crippen molar-refractivity contribution in [3.8, 4) is 0 Å². The lowest BCUT2D eigenvalue weighted by atomic mass is 9.85. The van der Waals surface area contributed by atoms with Crippen LogP contribution in [0.3, 0.4) is 0 Å². The largest absolute Gasteiger partial charge is 0.790 e. The summed E-state index contributed by atoms with van der Waals surface area (Å²) in [6.45, 7) is 1.10. The third-order valence-electron chi connectivity index (χ3n) is 9.81. The van der Waals surface area contributed by atoms with Gasteiger partial charge in [0.25, 0.3) is 15.6 Å². The number of carbonyl (C=O) groups excluding carboxylic acids is 4. The lowest BCUT2D eigenvalue weighted by Gasteiger charge is -2.36. The Kier molecular flexibility index (Phi) is 17.7. The molecule has 6 N–H and O–H groups in total. The number of aliphatic hydroxyl groups is 2. The number of rotatable bonds is 23. The van der Waals surface area contributed by atoms with Gasteiger partial charge in [-0.05, 0) is 12.8 Å². The number of thioether (sulfide) groups is 1. The summed E-state index contributed by atoms with van der Waals surface area (Å²) in [7, 11) is -17.7. The van der Waals surface area contributed by atoms with Gasteiger partial charge in [-0.2, -0.15) is 0 Å². The quantitative estimate of drug-likeness (QED) is 0.0468. The van der Waals surface area contributed by atoms with Crippen molar-refractivity contribution in [1.82, 2.24) is 30.2 Å². The second-order valence-corrected chi connectivity index (χ2v) is 20.4. The zero-order chi connectivity index (χ0) is 45.4. The summed E-state index contributed by atoms with van der Waals surface area (Å²) < 4.78 is 61.2. The van der Waals surface area contributed by atoms with Crippen molar-refractivity contribution in [2.75, 3.05) is 37.8 Å². The number of aliphatic hydroxyl groups excluding tert-OH is 2. The van der Waals surface area contributed by atoms with E-state index < -0.39 is 84.1 Å². The average molecular weight is 944 g/mol. The number of nitrogens with two attached hydrogens (primary N) is 1. The first-order chi connectivity index (χ1) is 28.3. The highest BCUT2D eigenvalue weighted by Gasteiger charge is 2.55. The molecule has 2 aromatic heterocycles. The van der Waals surface area contributed by atoms with Crippen LogP contribution in [0, 0.1) is 11.3 Å². The van der Waals surface area contributed by atoms with Crippen LogP contribution in [-0.2, 0) is 61.2 Å². The Balaban J connectivity index is 1.20. The lowest BCUT2D eigenvalue weighted by Crippen LogP contribution is -2.46. The van der Waals surface area contributed by atoms with Crippen molar-refractivity contribution in [1.29, 1.82) is 0 Å². The minimum atomic E-state index is -5.95. The molecule has 1 saturated heterocycles. The number of nitrogens with zero attached hydrogens (tertiary/aromatic N) is 4. The van der Waals surface area contributed by atoms with E-state index in [1.807, 2.05) is 0 Å². The number of Topliss-reactive ketones (excluding diaryl/α,β-unsaturated/α-hetero) is 1. The summed E-state index contributed by atoms with van der Waals surface area (Å²) >= 11 is 0.928. The first-order valence-corrected chi connectivity index (χ1v) is 24.2. The van der Waals surface area contributed by atoms with E-state index in [9.17, 15) is 62.7 Å². The van der Waals surface area contributed by atoms with E-state index in [-0.39, 0.29) is 59.6 Å². The Bertz CT molecular complexity index is 2030. The third-order valence-corrected chi connectivity index (χ3v) is 13.7. The summed E-state index contributed by atoms with van der Waals surface area (Å²) in [6, 6.07) is 0. The smallest absolute Gasteiger partial charge is 0.274 e. The molecule has 7 unspecified atom stereocenters. The number of hydrogen-bond donors (Lipinski definition) is 5. The highest BCUT2D eigenvalue weighted by atomic mass is 32.2. The zero-order valence-corrected chi connectivity index (χ0v) is 36.8. The number of phosphoric acid groups is 3. The maximum Gasteiger partial charge on any atom is 0.274 e. The molecule has 7 atom stereocenters. The second-order valence-electron chi connectivity index (χ2n) is 15.2. The van der Waals surface area contributed by atoms with E-state index in [2.05, 4.69) is 43.5 Å². The van der Waals surface area contributed by atoms with Gasteiger partial charge in [0.15, 0.2) is 22.3 Å². The van der Waals surface area contributed by atoms with E-state index in [0.29, 0.717) is 12.3 Å². The van der Waals surface area contributed by atoms with Crippen LogP contribution >= 0.6 is 35.2 Å². The van der Waals surface area contributed by atoms with Crippen LogP contribution in [0.5, 0.6) is 0 Å². The molecule has 2 amide bonds. The Labute approximate surface area is 353 Å². The SMILES string of the molecule is CC(C)(COP(=O)([O-])OP(=O)([O-])OCC1OC(C)(n2cnc3c(N)ncnc32)C(O)C1OP(=O)([O-])[O-])C(O)C(=O)NCCC(=O)NCCSC(=O)CC(=O)CC1CCCCC1. The van der Waals surface area contributed by atoms with Crippen LogP contribution in [0.2, 0.25) is 0 Å². The fourth-order valence-electron chi connectivity index (χ4n) is 6.58.